The zero-order valence-corrected chi connectivity index (χ0v) is 21.8. The minimum atomic E-state index is -2.92. The molecule has 1 aromatic carbocycles. The number of unbranched alkanes of at least 4 members (excludes halogenated alkanes) is 3. The number of hydrogen-bond acceptors (Lipinski definition) is 6. The summed E-state index contributed by atoms with van der Waals surface area (Å²) < 4.78 is 9.97. The Bertz CT molecular complexity index is 913. The summed E-state index contributed by atoms with van der Waals surface area (Å²) in [6.45, 7) is 6.58. The molecule has 0 aliphatic rings. The molecule has 0 saturated carbocycles. The van der Waals surface area contributed by atoms with Gasteiger partial charge in [0.25, 0.3) is 0 Å². The van der Waals surface area contributed by atoms with E-state index in [2.05, 4.69) is 20.8 Å². The number of nitrogens with zero attached hydrogens (tertiary/aromatic N) is 3. The van der Waals surface area contributed by atoms with Crippen molar-refractivity contribution in [3.8, 4) is 5.75 Å². The molecule has 8 nitrogen and oxygen atoms in total. The van der Waals surface area contributed by atoms with Gasteiger partial charge in [-0.05, 0) is 0 Å². The molecular formula is C22H33N3O5Sn. The maximum atomic E-state index is 11.6. The van der Waals surface area contributed by atoms with Crippen molar-refractivity contribution >= 4 is 44.4 Å². The summed E-state index contributed by atoms with van der Waals surface area (Å²) in [6, 6.07) is 4.68. The summed E-state index contributed by atoms with van der Waals surface area (Å²) in [6.07, 6.45) is 6.79. The van der Waals surface area contributed by atoms with Crippen LogP contribution in [0.25, 0.3) is 10.9 Å². The summed E-state index contributed by atoms with van der Waals surface area (Å²) >= 11 is -2.92. The first-order chi connectivity index (χ1) is 14.8. The topological polar surface area (TPSA) is 108 Å². The molecule has 0 bridgehead atoms. The van der Waals surface area contributed by atoms with Crippen LogP contribution in [0.1, 0.15) is 59.3 Å². The second-order valence-electron chi connectivity index (χ2n) is 8.15. The quantitative estimate of drug-likeness (QED) is 0.173. The third kappa shape index (κ3) is 5.64. The molecule has 0 N–H and O–H groups in total. The van der Waals surface area contributed by atoms with Gasteiger partial charge in [0.05, 0.1) is 0 Å². The first kappa shape index (κ1) is 25.3. The van der Waals surface area contributed by atoms with Gasteiger partial charge in [0, 0.05) is 0 Å². The molecule has 0 aliphatic heterocycles. The Balaban J connectivity index is 2.81. The fourth-order valence-corrected chi connectivity index (χ4v) is 19.7. The standard InChI is InChI=1S/C10H6N3O5.3C4H9.Sn/c1-18-10-8(13(16)17)5-7(12(14)15)6-3-2-4-11-9(6)10;3*1-3-4-2;/h2-3,5H,1H3;3*1,3-4H2,2H3;. The van der Waals surface area contributed by atoms with Gasteiger partial charge in [-0.25, -0.2) is 0 Å². The Morgan fingerprint density at radius 2 is 1.42 bits per heavy atom. The van der Waals surface area contributed by atoms with Crippen LogP contribution in [0.3, 0.4) is 0 Å². The summed E-state index contributed by atoms with van der Waals surface area (Å²) in [5, 5.41) is 23.5. The summed E-state index contributed by atoms with van der Waals surface area (Å²) in [7, 11) is 1.35. The molecule has 0 unspecified atom stereocenters. The molecule has 0 atom stereocenters. The first-order valence-corrected chi connectivity index (χ1v) is 18.6. The van der Waals surface area contributed by atoms with Gasteiger partial charge in [-0.1, -0.05) is 0 Å². The van der Waals surface area contributed by atoms with Crippen molar-refractivity contribution in [3.05, 3.63) is 38.4 Å². The summed E-state index contributed by atoms with van der Waals surface area (Å²) in [5.74, 6) is 0.00844. The number of nitro groups is 2. The van der Waals surface area contributed by atoms with Crippen LogP contribution < -0.4 is 8.45 Å². The number of nitro benzene ring substituents is 2. The predicted octanol–water partition coefficient (Wildman–Crippen LogP) is 6.12. The van der Waals surface area contributed by atoms with Gasteiger partial charge in [-0.3, -0.25) is 0 Å². The van der Waals surface area contributed by atoms with E-state index in [9.17, 15) is 20.2 Å². The zero-order chi connectivity index (χ0) is 23.0. The van der Waals surface area contributed by atoms with E-state index in [1.165, 1.54) is 20.4 Å². The molecule has 0 radical (unpaired) electrons. The SMILES string of the molecule is CCC[CH2][Sn]([CH2]CCC)([CH2]CCC)[c]1ccc2c([N+](=O)[O-])cc([N+](=O)[O-])c(OC)c2n1. The van der Waals surface area contributed by atoms with Crippen LogP contribution in [0.15, 0.2) is 18.2 Å². The van der Waals surface area contributed by atoms with E-state index in [1.807, 2.05) is 6.07 Å². The second kappa shape index (κ2) is 11.6. The number of fused-ring (bicyclic) bond motifs is 1. The molecule has 170 valence electrons. The first-order valence-electron chi connectivity index (χ1n) is 11.2. The van der Waals surface area contributed by atoms with Crippen LogP contribution in [-0.4, -0.2) is 40.3 Å². The van der Waals surface area contributed by atoms with Crippen molar-refractivity contribution in [2.45, 2.75) is 72.6 Å². The van der Waals surface area contributed by atoms with E-state index in [-0.39, 0.29) is 22.3 Å². The molecule has 0 spiro atoms. The van der Waals surface area contributed by atoms with E-state index in [1.54, 1.807) is 6.07 Å². The third-order valence-corrected chi connectivity index (χ3v) is 21.2. The van der Waals surface area contributed by atoms with Crippen LogP contribution in [0, 0.1) is 20.2 Å². The molecule has 2 rings (SSSR count). The number of methoxy groups -OCH3 is 1. The predicted molar refractivity (Wildman–Crippen MR) is 126 cm³/mol. The van der Waals surface area contributed by atoms with Crippen LogP contribution >= 0.6 is 0 Å². The Morgan fingerprint density at radius 1 is 0.903 bits per heavy atom. The number of ether oxygens (including phenoxy) is 1. The van der Waals surface area contributed by atoms with Crippen molar-refractivity contribution in [2.75, 3.05) is 7.11 Å². The fourth-order valence-electron chi connectivity index (χ4n) is 4.32. The average molecular weight is 538 g/mol. The number of pyridine rings is 1. The van der Waals surface area contributed by atoms with Gasteiger partial charge in [0.15, 0.2) is 0 Å². The van der Waals surface area contributed by atoms with Crippen molar-refractivity contribution in [1.82, 2.24) is 4.98 Å². The van der Waals surface area contributed by atoms with Crippen molar-refractivity contribution in [2.24, 2.45) is 0 Å². The van der Waals surface area contributed by atoms with Gasteiger partial charge in [-0.2, -0.15) is 0 Å². The Morgan fingerprint density at radius 3 is 1.84 bits per heavy atom. The molecule has 31 heavy (non-hydrogen) atoms. The van der Waals surface area contributed by atoms with Gasteiger partial charge in [-0.15, -0.1) is 0 Å². The van der Waals surface area contributed by atoms with Gasteiger partial charge in [0.1, 0.15) is 0 Å². The molecular weight excluding hydrogens is 505 g/mol. The van der Waals surface area contributed by atoms with Crippen LogP contribution in [0.5, 0.6) is 5.75 Å². The number of non-ortho nitro benzene ring substituents is 1. The van der Waals surface area contributed by atoms with Crippen molar-refractivity contribution in [3.63, 3.8) is 0 Å². The number of benzene rings is 1. The van der Waals surface area contributed by atoms with Crippen molar-refractivity contribution < 1.29 is 14.6 Å². The maximum absolute atomic E-state index is 11.6. The van der Waals surface area contributed by atoms with Gasteiger partial charge >= 0.3 is 188 Å². The normalized spacial score (nSPS) is 11.6. The van der Waals surface area contributed by atoms with Gasteiger partial charge < -0.3 is 0 Å². The summed E-state index contributed by atoms with van der Waals surface area (Å²) in [5.41, 5.74) is -0.479. The van der Waals surface area contributed by atoms with E-state index in [0.717, 1.165) is 48.3 Å². The summed E-state index contributed by atoms with van der Waals surface area (Å²) in [4.78, 5) is 26.9. The molecule has 1 aromatic heterocycles. The van der Waals surface area contributed by atoms with Crippen LogP contribution in [-0.2, 0) is 0 Å². The molecule has 0 saturated heterocycles. The molecule has 0 aliphatic carbocycles. The Kier molecular flexibility index (Phi) is 9.46. The van der Waals surface area contributed by atoms with E-state index in [0.29, 0.717) is 0 Å². The Labute approximate surface area is 187 Å². The number of aromatic nitrogens is 1. The molecule has 1 heterocycles. The van der Waals surface area contributed by atoms with E-state index < -0.39 is 33.9 Å². The Hall–Kier alpha value is -1.97. The van der Waals surface area contributed by atoms with Crippen LogP contribution in [0.4, 0.5) is 11.4 Å². The van der Waals surface area contributed by atoms with Crippen LogP contribution in [0.2, 0.25) is 13.3 Å². The number of rotatable bonds is 13. The van der Waals surface area contributed by atoms with E-state index >= 15 is 0 Å². The van der Waals surface area contributed by atoms with Gasteiger partial charge in [0.2, 0.25) is 0 Å². The second-order valence-corrected chi connectivity index (χ2v) is 21.2. The minimum absolute atomic E-state index is 0.00844. The molecule has 0 amide bonds. The molecule has 2 aromatic rings. The molecule has 9 heteroatoms. The number of hydrogen-bond donors (Lipinski definition) is 0. The zero-order valence-electron chi connectivity index (χ0n) is 19.0. The van der Waals surface area contributed by atoms with E-state index in [4.69, 9.17) is 9.72 Å². The third-order valence-electron chi connectivity index (χ3n) is 6.06. The van der Waals surface area contributed by atoms with Crippen molar-refractivity contribution in [1.29, 1.82) is 0 Å². The monoisotopic (exact) mass is 539 g/mol. The molecule has 0 fully saturated rings. The average Bonchev–Trinajstić information content (AvgIpc) is 2.77. The fraction of sp³-hybridized carbons (Fsp3) is 0.591.